The maximum atomic E-state index is 5.49. The van der Waals surface area contributed by atoms with Gasteiger partial charge < -0.3 is 10.5 Å². The monoisotopic (exact) mass is 221 g/mol. The Kier molecular flexibility index (Phi) is 5.94. The average Bonchev–Trinajstić information content (AvgIpc) is 2.29. The van der Waals surface area contributed by atoms with Crippen molar-refractivity contribution in [3.05, 3.63) is 29.3 Å². The summed E-state index contributed by atoms with van der Waals surface area (Å²) in [6.45, 7) is 5.54. The molecule has 0 amide bonds. The van der Waals surface area contributed by atoms with Gasteiger partial charge >= 0.3 is 0 Å². The van der Waals surface area contributed by atoms with Crippen molar-refractivity contribution in [2.75, 3.05) is 13.2 Å². The first-order valence-corrected chi connectivity index (χ1v) is 6.20. The third-order valence-corrected chi connectivity index (χ3v) is 2.75. The zero-order valence-electron chi connectivity index (χ0n) is 10.5. The molecule has 1 aromatic rings. The number of ether oxygens (including phenoxy) is 1. The van der Waals surface area contributed by atoms with Gasteiger partial charge in [0, 0.05) is 6.54 Å². The lowest BCUT2D eigenvalue weighted by Gasteiger charge is -2.09. The highest BCUT2D eigenvalue weighted by molar-refractivity contribution is 5.34. The van der Waals surface area contributed by atoms with Gasteiger partial charge in [0.2, 0.25) is 0 Å². The Morgan fingerprint density at radius 1 is 1.25 bits per heavy atom. The van der Waals surface area contributed by atoms with Crippen LogP contribution in [0.25, 0.3) is 0 Å². The molecule has 0 aliphatic carbocycles. The first kappa shape index (κ1) is 13.0. The molecule has 90 valence electrons. The zero-order valence-corrected chi connectivity index (χ0v) is 10.5. The fraction of sp³-hybridized carbons (Fsp3) is 0.571. The van der Waals surface area contributed by atoms with Gasteiger partial charge in [0.1, 0.15) is 12.4 Å². The third kappa shape index (κ3) is 4.23. The molecule has 0 bridgehead atoms. The molecule has 0 heterocycles. The van der Waals surface area contributed by atoms with Crippen LogP contribution in [0.15, 0.2) is 18.2 Å². The molecule has 0 fully saturated rings. The van der Waals surface area contributed by atoms with E-state index in [1.54, 1.807) is 0 Å². The van der Waals surface area contributed by atoms with Crippen LogP contribution in [0.1, 0.15) is 37.3 Å². The molecule has 0 unspecified atom stereocenters. The van der Waals surface area contributed by atoms with Crippen molar-refractivity contribution in [2.24, 2.45) is 5.73 Å². The first-order chi connectivity index (χ1) is 7.77. The van der Waals surface area contributed by atoms with E-state index in [1.165, 1.54) is 36.8 Å². The highest BCUT2D eigenvalue weighted by atomic mass is 16.5. The van der Waals surface area contributed by atoms with E-state index in [0.29, 0.717) is 13.2 Å². The standard InChI is InChI=1S/C14H23NO/c1-3-4-5-6-13-7-8-14(11-12(13)2)16-10-9-15/h7-8,11H,3-6,9-10,15H2,1-2H3. The lowest BCUT2D eigenvalue weighted by atomic mass is 10.0. The summed E-state index contributed by atoms with van der Waals surface area (Å²) in [5.74, 6) is 0.933. The summed E-state index contributed by atoms with van der Waals surface area (Å²) in [6, 6.07) is 6.33. The number of benzene rings is 1. The fourth-order valence-corrected chi connectivity index (χ4v) is 1.78. The summed E-state index contributed by atoms with van der Waals surface area (Å²) >= 11 is 0. The molecule has 0 radical (unpaired) electrons. The van der Waals surface area contributed by atoms with E-state index in [-0.39, 0.29) is 0 Å². The smallest absolute Gasteiger partial charge is 0.119 e. The minimum atomic E-state index is 0.567. The van der Waals surface area contributed by atoms with Gasteiger partial charge in [-0.05, 0) is 43.0 Å². The molecule has 0 aromatic heterocycles. The van der Waals surface area contributed by atoms with Crippen LogP contribution in [-0.2, 0) is 6.42 Å². The molecule has 0 saturated heterocycles. The van der Waals surface area contributed by atoms with Crippen LogP contribution < -0.4 is 10.5 Å². The molecule has 1 rings (SSSR count). The molecular formula is C14H23NO. The molecule has 2 N–H and O–H groups in total. The van der Waals surface area contributed by atoms with Gasteiger partial charge in [-0.3, -0.25) is 0 Å². The normalized spacial score (nSPS) is 10.4. The van der Waals surface area contributed by atoms with Gasteiger partial charge in [0.05, 0.1) is 0 Å². The lowest BCUT2D eigenvalue weighted by molar-refractivity contribution is 0.328. The van der Waals surface area contributed by atoms with Crippen molar-refractivity contribution < 1.29 is 4.74 Å². The van der Waals surface area contributed by atoms with Gasteiger partial charge in [-0.15, -0.1) is 0 Å². The molecule has 0 spiro atoms. The Bertz CT molecular complexity index is 310. The second-order valence-corrected chi connectivity index (χ2v) is 4.18. The van der Waals surface area contributed by atoms with E-state index in [1.807, 2.05) is 6.07 Å². The number of nitrogens with two attached hydrogens (primary N) is 1. The minimum absolute atomic E-state index is 0.567. The molecule has 2 heteroatoms. The summed E-state index contributed by atoms with van der Waals surface area (Å²) in [5.41, 5.74) is 8.16. The van der Waals surface area contributed by atoms with Crippen LogP contribution in [0.4, 0.5) is 0 Å². The van der Waals surface area contributed by atoms with E-state index >= 15 is 0 Å². The highest BCUT2D eigenvalue weighted by Gasteiger charge is 2.00. The van der Waals surface area contributed by atoms with E-state index in [2.05, 4.69) is 26.0 Å². The summed E-state index contributed by atoms with van der Waals surface area (Å²) in [5, 5.41) is 0. The van der Waals surface area contributed by atoms with Crippen molar-refractivity contribution in [3.8, 4) is 5.75 Å². The number of hydrogen-bond donors (Lipinski definition) is 1. The SMILES string of the molecule is CCCCCc1ccc(OCCN)cc1C. The van der Waals surface area contributed by atoms with Gasteiger partial charge in [0.15, 0.2) is 0 Å². The Morgan fingerprint density at radius 3 is 2.69 bits per heavy atom. The number of hydrogen-bond acceptors (Lipinski definition) is 2. The van der Waals surface area contributed by atoms with Crippen LogP contribution >= 0.6 is 0 Å². The van der Waals surface area contributed by atoms with Crippen LogP contribution in [0.3, 0.4) is 0 Å². The third-order valence-electron chi connectivity index (χ3n) is 2.75. The molecular weight excluding hydrogens is 198 g/mol. The van der Waals surface area contributed by atoms with E-state index in [0.717, 1.165) is 5.75 Å². The molecule has 0 aliphatic heterocycles. The van der Waals surface area contributed by atoms with E-state index in [9.17, 15) is 0 Å². The van der Waals surface area contributed by atoms with Crippen molar-refractivity contribution >= 4 is 0 Å². The number of rotatable bonds is 7. The quantitative estimate of drug-likeness (QED) is 0.718. The van der Waals surface area contributed by atoms with Crippen molar-refractivity contribution in [3.63, 3.8) is 0 Å². The van der Waals surface area contributed by atoms with E-state index in [4.69, 9.17) is 10.5 Å². The minimum Gasteiger partial charge on any atom is -0.492 e. The summed E-state index contributed by atoms with van der Waals surface area (Å²) in [4.78, 5) is 0. The Labute approximate surface area is 98.8 Å². The predicted octanol–water partition coefficient (Wildman–Crippen LogP) is 3.07. The second-order valence-electron chi connectivity index (χ2n) is 4.18. The summed E-state index contributed by atoms with van der Waals surface area (Å²) < 4.78 is 5.49. The second kappa shape index (κ2) is 7.29. The van der Waals surface area contributed by atoms with Crippen molar-refractivity contribution in [1.82, 2.24) is 0 Å². The molecule has 0 saturated carbocycles. The highest BCUT2D eigenvalue weighted by Crippen LogP contribution is 2.19. The Balaban J connectivity index is 2.53. The van der Waals surface area contributed by atoms with Crippen LogP contribution in [0, 0.1) is 6.92 Å². The Hall–Kier alpha value is -1.02. The molecule has 1 aromatic carbocycles. The molecule has 16 heavy (non-hydrogen) atoms. The van der Waals surface area contributed by atoms with Crippen molar-refractivity contribution in [1.29, 1.82) is 0 Å². The first-order valence-electron chi connectivity index (χ1n) is 6.20. The topological polar surface area (TPSA) is 35.2 Å². The molecule has 0 atom stereocenters. The largest absolute Gasteiger partial charge is 0.492 e. The maximum absolute atomic E-state index is 5.49. The predicted molar refractivity (Wildman–Crippen MR) is 69.0 cm³/mol. The van der Waals surface area contributed by atoms with Crippen molar-refractivity contribution in [2.45, 2.75) is 39.5 Å². The lowest BCUT2D eigenvalue weighted by Crippen LogP contribution is -2.10. The van der Waals surface area contributed by atoms with Gasteiger partial charge in [0.25, 0.3) is 0 Å². The van der Waals surface area contributed by atoms with Gasteiger partial charge in [-0.2, -0.15) is 0 Å². The van der Waals surface area contributed by atoms with Gasteiger partial charge in [-0.1, -0.05) is 25.8 Å². The Morgan fingerprint density at radius 2 is 2.06 bits per heavy atom. The molecule has 2 nitrogen and oxygen atoms in total. The maximum Gasteiger partial charge on any atom is 0.119 e. The van der Waals surface area contributed by atoms with Crippen LogP contribution in [0.2, 0.25) is 0 Å². The van der Waals surface area contributed by atoms with E-state index < -0.39 is 0 Å². The fourth-order valence-electron chi connectivity index (χ4n) is 1.78. The number of unbranched alkanes of at least 4 members (excludes halogenated alkanes) is 2. The van der Waals surface area contributed by atoms with Crippen LogP contribution in [0.5, 0.6) is 5.75 Å². The zero-order chi connectivity index (χ0) is 11.8. The van der Waals surface area contributed by atoms with Gasteiger partial charge in [-0.25, -0.2) is 0 Å². The summed E-state index contributed by atoms with van der Waals surface area (Å²) in [7, 11) is 0. The van der Waals surface area contributed by atoms with Crippen LogP contribution in [-0.4, -0.2) is 13.2 Å². The average molecular weight is 221 g/mol. The molecule has 0 aliphatic rings. The summed E-state index contributed by atoms with van der Waals surface area (Å²) in [6.07, 6.45) is 5.04. The number of aryl methyl sites for hydroxylation is 2.